The highest BCUT2D eigenvalue weighted by molar-refractivity contribution is 5.81. The number of esters is 1. The summed E-state index contributed by atoms with van der Waals surface area (Å²) in [6.07, 6.45) is -17.1. The summed E-state index contributed by atoms with van der Waals surface area (Å²) < 4.78 is 41.3. The molecule has 11 N–H and O–H groups in total. The topological polar surface area (TPSA) is 304 Å². The van der Waals surface area contributed by atoms with E-state index in [0.717, 1.165) is 0 Å². The lowest BCUT2D eigenvalue weighted by Crippen LogP contribution is -2.63. The summed E-state index contributed by atoms with van der Waals surface area (Å²) in [5.41, 5.74) is 0. The van der Waals surface area contributed by atoms with Crippen molar-refractivity contribution in [3.05, 3.63) is 12.2 Å². The van der Waals surface area contributed by atoms with E-state index in [1.54, 1.807) is 6.08 Å². The number of hydrogen-bond donors (Lipinski definition) is 11. The Balaban J connectivity index is 1.16. The minimum absolute atomic E-state index is 0.0319. The number of allylic oxidation sites excluding steroid dienone is 1. The molecule has 3 saturated heterocycles. The molecule has 0 aromatic carbocycles. The van der Waals surface area contributed by atoms with Crippen LogP contribution >= 0.6 is 0 Å². The first kappa shape index (κ1) is 44.1. The molecule has 0 spiro atoms. The van der Waals surface area contributed by atoms with Gasteiger partial charge in [0.1, 0.15) is 55.4 Å². The molecular weight excluding hydrogens is 748 g/mol. The number of aliphatic hydroxyl groups is 11. The molecule has 22 atom stereocenters. The van der Waals surface area contributed by atoms with E-state index in [1.807, 2.05) is 0 Å². The summed E-state index contributed by atoms with van der Waals surface area (Å²) in [5, 5.41) is 116. The van der Waals surface area contributed by atoms with Crippen molar-refractivity contribution in [1.29, 1.82) is 0 Å². The molecule has 19 nitrogen and oxygen atoms in total. The number of aliphatic hydroxyl groups excluding tert-OH is 11. The van der Waals surface area contributed by atoms with Crippen molar-refractivity contribution in [2.75, 3.05) is 20.3 Å². The monoisotopic (exact) mass is 808 g/mol. The van der Waals surface area contributed by atoms with Gasteiger partial charge in [0.25, 0.3) is 0 Å². The first-order valence-electron chi connectivity index (χ1n) is 19.8. The van der Waals surface area contributed by atoms with Crippen molar-refractivity contribution < 1.29 is 94.1 Å². The summed E-state index contributed by atoms with van der Waals surface area (Å²) in [5.74, 6) is -1.70. The standard InChI is InChI=1S/C37H60O19/c1-50-24-8-15(2-5-20(24)41)3-7-28(43)51-14-27-30(45)32(47)34(49)37(56-27)54-25-12-18-22(52-35(25)16-4-6-19(40)21(42)9-16)10-17(39)11-23(18)53-36-33(48)31(46)29(44)26(13-38)55-36/h3,7,15-27,29-42,44-49H,2,4-6,8-14H2,1H3/t15?,16?,17?,18?,19?,20?,21?,22?,23?,24?,25?,26-,27-,29-,30-,31+,32+,33-,34-,35?,36-,37-/m1/s1. The first-order valence-corrected chi connectivity index (χ1v) is 19.8. The molecule has 3 heterocycles. The molecule has 3 aliphatic carbocycles. The predicted octanol–water partition coefficient (Wildman–Crippen LogP) is -3.91. The smallest absolute Gasteiger partial charge is 0.330 e. The third-order valence-electron chi connectivity index (χ3n) is 12.6. The van der Waals surface area contributed by atoms with Crippen molar-refractivity contribution in [2.45, 2.75) is 174 Å². The summed E-state index contributed by atoms with van der Waals surface area (Å²) in [7, 11) is 1.51. The Hall–Kier alpha value is -1.47. The molecule has 0 aromatic rings. The molecular formula is C37H60O19. The van der Waals surface area contributed by atoms with E-state index in [2.05, 4.69) is 0 Å². The lowest BCUT2D eigenvalue weighted by atomic mass is 9.72. The van der Waals surface area contributed by atoms with Crippen molar-refractivity contribution >= 4 is 5.97 Å². The number of ether oxygens (including phenoxy) is 7. The van der Waals surface area contributed by atoms with Crippen molar-refractivity contribution in [1.82, 2.24) is 0 Å². The maximum Gasteiger partial charge on any atom is 0.330 e. The van der Waals surface area contributed by atoms with E-state index in [9.17, 15) is 61.0 Å². The quantitative estimate of drug-likeness (QED) is 0.0702. The van der Waals surface area contributed by atoms with Crippen molar-refractivity contribution in [3.63, 3.8) is 0 Å². The highest BCUT2D eigenvalue weighted by Gasteiger charge is 2.54. The van der Waals surface area contributed by atoms with Gasteiger partial charge in [-0.15, -0.1) is 0 Å². The molecule has 6 aliphatic rings. The molecule has 56 heavy (non-hydrogen) atoms. The zero-order chi connectivity index (χ0) is 40.4. The molecule has 0 radical (unpaired) electrons. The Morgan fingerprint density at radius 1 is 0.643 bits per heavy atom. The molecule has 12 unspecified atom stereocenters. The number of rotatable bonds is 11. The molecule has 6 rings (SSSR count). The third-order valence-corrected chi connectivity index (χ3v) is 12.6. The molecule has 0 aromatic heterocycles. The van der Waals surface area contributed by atoms with Crippen molar-refractivity contribution in [3.8, 4) is 0 Å². The van der Waals surface area contributed by atoms with E-state index < -0.39 is 135 Å². The van der Waals surface area contributed by atoms with Gasteiger partial charge in [0.05, 0.1) is 61.5 Å². The average molecular weight is 809 g/mol. The Morgan fingerprint density at radius 3 is 1.95 bits per heavy atom. The van der Waals surface area contributed by atoms with Crippen molar-refractivity contribution in [2.24, 2.45) is 17.8 Å². The van der Waals surface area contributed by atoms with Gasteiger partial charge in [-0.2, -0.15) is 0 Å². The molecule has 0 bridgehead atoms. The van der Waals surface area contributed by atoms with Gasteiger partial charge in [-0.1, -0.05) is 6.08 Å². The maximum atomic E-state index is 12.7. The summed E-state index contributed by atoms with van der Waals surface area (Å²) in [6.45, 7) is -1.18. The van der Waals surface area contributed by atoms with Crippen LogP contribution in [0.1, 0.15) is 57.8 Å². The van der Waals surface area contributed by atoms with Gasteiger partial charge in [-0.3, -0.25) is 0 Å². The van der Waals surface area contributed by atoms with E-state index >= 15 is 0 Å². The van der Waals surface area contributed by atoms with Crippen LogP contribution in [-0.2, 0) is 38.0 Å². The first-order chi connectivity index (χ1) is 26.7. The highest BCUT2D eigenvalue weighted by Crippen LogP contribution is 2.45. The van der Waals surface area contributed by atoms with E-state index in [-0.39, 0.29) is 50.0 Å². The van der Waals surface area contributed by atoms with Crippen LogP contribution in [0.3, 0.4) is 0 Å². The zero-order valence-corrected chi connectivity index (χ0v) is 31.3. The summed E-state index contributed by atoms with van der Waals surface area (Å²) in [4.78, 5) is 12.7. The molecule has 3 saturated carbocycles. The second-order valence-electron chi connectivity index (χ2n) is 16.3. The van der Waals surface area contributed by atoms with Gasteiger partial charge in [0, 0.05) is 25.5 Å². The largest absolute Gasteiger partial charge is 0.460 e. The maximum absolute atomic E-state index is 12.7. The van der Waals surface area contributed by atoms with E-state index in [0.29, 0.717) is 25.7 Å². The molecule has 19 heteroatoms. The van der Waals surface area contributed by atoms with E-state index in [1.165, 1.54) is 13.2 Å². The number of methoxy groups -OCH3 is 1. The van der Waals surface area contributed by atoms with Gasteiger partial charge in [-0.25, -0.2) is 4.79 Å². The minimum atomic E-state index is -1.78. The average Bonchev–Trinajstić information content (AvgIpc) is 3.18. The van der Waals surface area contributed by atoms with Crippen LogP contribution in [0.15, 0.2) is 12.2 Å². The van der Waals surface area contributed by atoms with Crippen LogP contribution in [0, 0.1) is 17.8 Å². The van der Waals surface area contributed by atoms with Gasteiger partial charge in [-0.05, 0) is 63.2 Å². The van der Waals surface area contributed by atoms with Crippen LogP contribution < -0.4 is 0 Å². The highest BCUT2D eigenvalue weighted by atomic mass is 16.7. The number of carbonyl (C=O) groups is 1. The van der Waals surface area contributed by atoms with Gasteiger partial charge in [0.2, 0.25) is 0 Å². The fraction of sp³-hybridized carbons (Fsp3) is 0.919. The van der Waals surface area contributed by atoms with Gasteiger partial charge in [0.15, 0.2) is 12.6 Å². The third kappa shape index (κ3) is 9.93. The molecule has 6 fully saturated rings. The van der Waals surface area contributed by atoms with Crippen LogP contribution in [0.5, 0.6) is 0 Å². The lowest BCUT2D eigenvalue weighted by molar-refractivity contribution is -0.344. The number of fused-ring (bicyclic) bond motifs is 1. The van der Waals surface area contributed by atoms with Crippen LogP contribution in [-0.4, -0.2) is 199 Å². The van der Waals surface area contributed by atoms with Crippen LogP contribution in [0.25, 0.3) is 0 Å². The molecule has 0 amide bonds. The van der Waals surface area contributed by atoms with E-state index in [4.69, 9.17) is 33.2 Å². The Labute approximate surface area is 324 Å². The fourth-order valence-corrected chi connectivity index (χ4v) is 9.23. The molecule has 322 valence electrons. The summed E-state index contributed by atoms with van der Waals surface area (Å²) >= 11 is 0. The Morgan fingerprint density at radius 2 is 1.29 bits per heavy atom. The number of hydrogen-bond acceptors (Lipinski definition) is 19. The van der Waals surface area contributed by atoms with Crippen LogP contribution in [0.2, 0.25) is 0 Å². The Kier molecular flexibility index (Phi) is 15.2. The minimum Gasteiger partial charge on any atom is -0.460 e. The fourth-order valence-electron chi connectivity index (χ4n) is 9.23. The molecule has 3 aliphatic heterocycles. The normalized spacial score (nSPS) is 50.4. The SMILES string of the molecule is COC1CC(C=CC(=O)OC[C@H]2O[C@@H](OC3CC4C(CC(O)CC4O[C@@H]4O[C@H](CO)[C@@H](O)[C@H](O)[C@H]4O)OC3C3CCC(O)C(O)C3)[C@H](O)[C@@H](O)[C@@H]2O)CCC1O. The zero-order valence-electron chi connectivity index (χ0n) is 31.3. The Bertz CT molecular complexity index is 1290. The lowest BCUT2D eigenvalue weighted by Gasteiger charge is -2.52. The second-order valence-corrected chi connectivity index (χ2v) is 16.3. The van der Waals surface area contributed by atoms with Gasteiger partial charge >= 0.3 is 5.97 Å². The number of carbonyl (C=O) groups excluding carboxylic acids is 1. The second kappa shape index (κ2) is 19.3. The summed E-state index contributed by atoms with van der Waals surface area (Å²) in [6, 6.07) is 0. The van der Waals surface area contributed by atoms with Crippen LogP contribution in [0.4, 0.5) is 0 Å². The predicted molar refractivity (Wildman–Crippen MR) is 186 cm³/mol. The van der Waals surface area contributed by atoms with Gasteiger partial charge < -0.3 is 89.3 Å².